The number of hydrogen-bond donors (Lipinski definition) is 1. The van der Waals surface area contributed by atoms with Gasteiger partial charge in [-0.15, -0.1) is 0 Å². The molecule has 1 aliphatic heterocycles. The maximum atomic E-state index is 5.01. The number of hydrogen-bond acceptors (Lipinski definition) is 2. The van der Waals surface area contributed by atoms with Crippen LogP contribution in [0.4, 0.5) is 0 Å². The number of allylic oxidation sites excluding steroid dienone is 1. The summed E-state index contributed by atoms with van der Waals surface area (Å²) in [6.45, 7) is 2.45. The van der Waals surface area contributed by atoms with Gasteiger partial charge in [-0.2, -0.15) is 0 Å². The van der Waals surface area contributed by atoms with Crippen molar-refractivity contribution in [2.45, 2.75) is 25.7 Å². The molecule has 0 bridgehead atoms. The number of ether oxygens (including phenoxy) is 1. The zero-order valence-electron chi connectivity index (χ0n) is 8.38. The second-order valence-corrected chi connectivity index (χ2v) is 4.27. The van der Waals surface area contributed by atoms with E-state index in [1.54, 1.807) is 7.11 Å². The smallest absolute Gasteiger partial charge is 0.0816 e. The first-order valence-electron chi connectivity index (χ1n) is 5.31. The third kappa shape index (κ3) is 2.05. The molecule has 1 saturated carbocycles. The normalized spacial score (nSPS) is 29.6. The van der Waals surface area contributed by atoms with E-state index in [2.05, 4.69) is 5.32 Å². The Balaban J connectivity index is 1.75. The molecule has 2 heteroatoms. The van der Waals surface area contributed by atoms with Crippen LogP contribution in [0.15, 0.2) is 11.8 Å². The van der Waals surface area contributed by atoms with Gasteiger partial charge < -0.3 is 10.1 Å². The van der Waals surface area contributed by atoms with Crippen LogP contribution in [0.3, 0.4) is 0 Å². The molecular formula is C11H19NO. The molecule has 74 valence electrons. The van der Waals surface area contributed by atoms with Crippen molar-refractivity contribution in [3.63, 3.8) is 0 Å². The molecule has 2 nitrogen and oxygen atoms in total. The van der Waals surface area contributed by atoms with Gasteiger partial charge in [0.15, 0.2) is 0 Å². The zero-order valence-corrected chi connectivity index (χ0v) is 8.38. The molecular weight excluding hydrogens is 162 g/mol. The molecule has 0 atom stereocenters. The molecule has 13 heavy (non-hydrogen) atoms. The number of rotatable bonds is 2. The molecule has 1 N–H and O–H groups in total. The molecule has 0 radical (unpaired) electrons. The first kappa shape index (κ1) is 9.07. The maximum Gasteiger partial charge on any atom is 0.0816 e. The minimum Gasteiger partial charge on any atom is -0.504 e. The van der Waals surface area contributed by atoms with E-state index < -0.39 is 0 Å². The van der Waals surface area contributed by atoms with E-state index >= 15 is 0 Å². The van der Waals surface area contributed by atoms with Crippen LogP contribution in [0.1, 0.15) is 25.7 Å². The van der Waals surface area contributed by atoms with Crippen molar-refractivity contribution in [2.24, 2.45) is 11.8 Å². The fourth-order valence-electron chi connectivity index (χ4n) is 2.53. The molecule has 1 aliphatic carbocycles. The van der Waals surface area contributed by atoms with E-state index in [0.717, 1.165) is 11.8 Å². The molecule has 0 aromatic carbocycles. The fourth-order valence-corrected chi connectivity index (χ4v) is 2.53. The standard InChI is InChI=1S/C11H19NO/c1-13-8-9-6-11(7-9)10-2-4-12-5-3-10/h8,10-12H,2-7H2,1H3. The van der Waals surface area contributed by atoms with Gasteiger partial charge in [0.2, 0.25) is 0 Å². The van der Waals surface area contributed by atoms with Gasteiger partial charge in [0.1, 0.15) is 0 Å². The van der Waals surface area contributed by atoms with Crippen molar-refractivity contribution in [3.8, 4) is 0 Å². The summed E-state index contributed by atoms with van der Waals surface area (Å²) >= 11 is 0. The van der Waals surface area contributed by atoms with E-state index in [4.69, 9.17) is 4.74 Å². The predicted octanol–water partition coefficient (Wildman–Crippen LogP) is 1.93. The Morgan fingerprint density at radius 3 is 2.54 bits per heavy atom. The lowest BCUT2D eigenvalue weighted by molar-refractivity contribution is 0.206. The SMILES string of the molecule is COC=C1CC(C2CCNCC2)C1. The summed E-state index contributed by atoms with van der Waals surface area (Å²) in [6.07, 6.45) is 7.27. The second kappa shape index (κ2) is 4.14. The molecule has 2 rings (SSSR count). The van der Waals surface area contributed by atoms with Gasteiger partial charge in [-0.3, -0.25) is 0 Å². The summed E-state index contributed by atoms with van der Waals surface area (Å²) < 4.78 is 5.01. The molecule has 0 aromatic rings. The van der Waals surface area contributed by atoms with Crippen LogP contribution in [0.25, 0.3) is 0 Å². The first-order valence-corrected chi connectivity index (χ1v) is 5.31. The molecule has 0 amide bonds. The van der Waals surface area contributed by atoms with Gasteiger partial charge in [0.05, 0.1) is 13.4 Å². The Kier molecular flexibility index (Phi) is 2.89. The summed E-state index contributed by atoms with van der Waals surface area (Å²) in [5.41, 5.74) is 1.51. The maximum absolute atomic E-state index is 5.01. The van der Waals surface area contributed by atoms with Crippen LogP contribution < -0.4 is 5.32 Å². The number of nitrogens with one attached hydrogen (secondary N) is 1. The molecule has 1 saturated heterocycles. The topological polar surface area (TPSA) is 21.3 Å². The van der Waals surface area contributed by atoms with Gasteiger partial charge in [0.25, 0.3) is 0 Å². The van der Waals surface area contributed by atoms with Crippen LogP contribution >= 0.6 is 0 Å². The Bertz CT molecular complexity index is 186. The molecule has 0 spiro atoms. The van der Waals surface area contributed by atoms with Crippen molar-refractivity contribution in [1.82, 2.24) is 5.32 Å². The van der Waals surface area contributed by atoms with Crippen LogP contribution in [-0.2, 0) is 4.74 Å². The summed E-state index contributed by atoms with van der Waals surface area (Å²) in [4.78, 5) is 0. The Morgan fingerprint density at radius 2 is 1.92 bits per heavy atom. The van der Waals surface area contributed by atoms with Crippen molar-refractivity contribution in [1.29, 1.82) is 0 Å². The van der Waals surface area contributed by atoms with E-state index in [1.807, 2.05) is 6.26 Å². The van der Waals surface area contributed by atoms with E-state index in [9.17, 15) is 0 Å². The van der Waals surface area contributed by atoms with Crippen molar-refractivity contribution < 1.29 is 4.74 Å². The van der Waals surface area contributed by atoms with E-state index in [1.165, 1.54) is 44.3 Å². The van der Waals surface area contributed by atoms with Crippen LogP contribution in [0.2, 0.25) is 0 Å². The van der Waals surface area contributed by atoms with Crippen LogP contribution in [0.5, 0.6) is 0 Å². The average Bonchev–Trinajstić information content (AvgIpc) is 2.12. The highest BCUT2D eigenvalue weighted by molar-refractivity contribution is 5.11. The van der Waals surface area contributed by atoms with E-state index in [-0.39, 0.29) is 0 Å². The molecule has 0 aromatic heterocycles. The molecule has 0 unspecified atom stereocenters. The summed E-state index contributed by atoms with van der Waals surface area (Å²) in [5, 5.41) is 3.41. The minimum absolute atomic E-state index is 0.962. The highest BCUT2D eigenvalue weighted by Gasteiger charge is 2.31. The highest BCUT2D eigenvalue weighted by atomic mass is 16.5. The fraction of sp³-hybridized carbons (Fsp3) is 0.818. The monoisotopic (exact) mass is 181 g/mol. The molecule has 1 heterocycles. The number of methoxy groups -OCH3 is 1. The average molecular weight is 181 g/mol. The lowest BCUT2D eigenvalue weighted by Gasteiger charge is -2.38. The van der Waals surface area contributed by atoms with Crippen LogP contribution in [-0.4, -0.2) is 20.2 Å². The molecule has 2 aliphatic rings. The number of piperidine rings is 1. The van der Waals surface area contributed by atoms with Crippen LogP contribution in [0, 0.1) is 11.8 Å². The van der Waals surface area contributed by atoms with Crippen molar-refractivity contribution >= 4 is 0 Å². The summed E-state index contributed by atoms with van der Waals surface area (Å²) in [5.74, 6) is 1.94. The van der Waals surface area contributed by atoms with Gasteiger partial charge in [-0.1, -0.05) is 0 Å². The third-order valence-corrected chi connectivity index (χ3v) is 3.38. The predicted molar refractivity (Wildman–Crippen MR) is 53.4 cm³/mol. The second-order valence-electron chi connectivity index (χ2n) is 4.27. The lowest BCUT2D eigenvalue weighted by atomic mass is 9.70. The Labute approximate surface area is 80.4 Å². The summed E-state index contributed by atoms with van der Waals surface area (Å²) in [6, 6.07) is 0. The molecule has 2 fully saturated rings. The zero-order chi connectivity index (χ0) is 9.10. The lowest BCUT2D eigenvalue weighted by Crippen LogP contribution is -2.34. The summed E-state index contributed by atoms with van der Waals surface area (Å²) in [7, 11) is 1.74. The first-order chi connectivity index (χ1) is 6.40. The van der Waals surface area contributed by atoms with Crippen molar-refractivity contribution in [3.05, 3.63) is 11.8 Å². The Morgan fingerprint density at radius 1 is 1.23 bits per heavy atom. The van der Waals surface area contributed by atoms with Gasteiger partial charge in [-0.05, 0) is 56.2 Å². The van der Waals surface area contributed by atoms with Gasteiger partial charge in [-0.25, -0.2) is 0 Å². The van der Waals surface area contributed by atoms with Gasteiger partial charge in [0, 0.05) is 0 Å². The largest absolute Gasteiger partial charge is 0.504 e. The van der Waals surface area contributed by atoms with E-state index in [0.29, 0.717) is 0 Å². The Hall–Kier alpha value is -0.500. The highest BCUT2D eigenvalue weighted by Crippen LogP contribution is 2.41. The quantitative estimate of drug-likeness (QED) is 0.657. The van der Waals surface area contributed by atoms with Crippen molar-refractivity contribution in [2.75, 3.05) is 20.2 Å². The minimum atomic E-state index is 0.962. The van der Waals surface area contributed by atoms with Gasteiger partial charge >= 0.3 is 0 Å². The third-order valence-electron chi connectivity index (χ3n) is 3.38.